The maximum absolute atomic E-state index is 5.43. The van der Waals surface area contributed by atoms with Gasteiger partial charge in [0.15, 0.2) is 0 Å². The lowest BCUT2D eigenvalue weighted by Gasteiger charge is -2.23. The highest BCUT2D eigenvalue weighted by Gasteiger charge is 2.30. The van der Waals surface area contributed by atoms with E-state index >= 15 is 0 Å². The molecule has 3 atom stereocenters. The average molecular weight is 395 g/mol. The monoisotopic (exact) mass is 394 g/mol. The van der Waals surface area contributed by atoms with E-state index in [0.717, 1.165) is 52.4 Å². The van der Waals surface area contributed by atoms with E-state index < -0.39 is 0 Å². The zero-order valence-electron chi connectivity index (χ0n) is 17.1. The smallest absolute Gasteiger partial charge is 0.0984 e. The Hall–Kier alpha value is -2.08. The zero-order valence-corrected chi connectivity index (χ0v) is 17.1. The van der Waals surface area contributed by atoms with Crippen LogP contribution in [0.3, 0.4) is 0 Å². The van der Waals surface area contributed by atoms with Crippen molar-refractivity contribution in [2.24, 2.45) is 0 Å². The van der Waals surface area contributed by atoms with Gasteiger partial charge in [0, 0.05) is 37.6 Å². The van der Waals surface area contributed by atoms with Crippen LogP contribution in [-0.2, 0) is 20.6 Å². The summed E-state index contributed by atoms with van der Waals surface area (Å²) in [5.41, 5.74) is 5.22. The Kier molecular flexibility index (Phi) is 5.44. The van der Waals surface area contributed by atoms with Gasteiger partial charge in [-0.25, -0.2) is 0 Å². The molecule has 154 valence electrons. The third-order valence-electron chi connectivity index (χ3n) is 5.87. The van der Waals surface area contributed by atoms with Crippen LogP contribution >= 0.6 is 0 Å². The molecule has 5 rings (SSSR count). The fourth-order valence-corrected chi connectivity index (χ4v) is 3.85. The Morgan fingerprint density at radius 3 is 1.41 bits per heavy atom. The van der Waals surface area contributed by atoms with Crippen molar-refractivity contribution in [2.45, 2.75) is 31.7 Å². The van der Waals surface area contributed by atoms with Crippen molar-refractivity contribution >= 4 is 11.4 Å². The summed E-state index contributed by atoms with van der Waals surface area (Å²) in [5, 5.41) is 0. The SMILES string of the molecule is CCN(CC1CO1)c1ccc(Cc2ccc(N(CC3CO3)CC3CO3)cc2)cc1. The van der Waals surface area contributed by atoms with Crippen LogP contribution in [0.5, 0.6) is 0 Å². The molecule has 0 amide bonds. The van der Waals surface area contributed by atoms with Crippen molar-refractivity contribution in [2.75, 3.05) is 55.8 Å². The highest BCUT2D eigenvalue weighted by atomic mass is 16.6. The maximum atomic E-state index is 5.43. The van der Waals surface area contributed by atoms with Gasteiger partial charge in [-0.05, 0) is 48.7 Å². The van der Waals surface area contributed by atoms with Gasteiger partial charge < -0.3 is 24.0 Å². The number of hydrogen-bond donors (Lipinski definition) is 0. The Morgan fingerprint density at radius 1 is 0.655 bits per heavy atom. The highest BCUT2D eigenvalue weighted by molar-refractivity contribution is 5.50. The van der Waals surface area contributed by atoms with Crippen LogP contribution in [0.25, 0.3) is 0 Å². The summed E-state index contributed by atoms with van der Waals surface area (Å²) in [6.07, 6.45) is 2.16. The van der Waals surface area contributed by atoms with E-state index in [2.05, 4.69) is 65.3 Å². The van der Waals surface area contributed by atoms with Gasteiger partial charge in [-0.2, -0.15) is 0 Å². The highest BCUT2D eigenvalue weighted by Crippen LogP contribution is 2.24. The number of ether oxygens (including phenoxy) is 3. The zero-order chi connectivity index (χ0) is 19.6. The van der Waals surface area contributed by atoms with Crippen molar-refractivity contribution in [1.29, 1.82) is 0 Å². The number of hydrogen-bond acceptors (Lipinski definition) is 5. The lowest BCUT2D eigenvalue weighted by atomic mass is 10.0. The molecule has 3 saturated heterocycles. The molecule has 0 spiro atoms. The molecule has 5 nitrogen and oxygen atoms in total. The van der Waals surface area contributed by atoms with Crippen LogP contribution in [0.15, 0.2) is 48.5 Å². The van der Waals surface area contributed by atoms with E-state index in [-0.39, 0.29) is 0 Å². The van der Waals surface area contributed by atoms with Crippen molar-refractivity contribution in [1.82, 2.24) is 0 Å². The van der Waals surface area contributed by atoms with Crippen LogP contribution in [0.1, 0.15) is 18.1 Å². The molecule has 2 aromatic carbocycles. The van der Waals surface area contributed by atoms with Crippen LogP contribution in [0.2, 0.25) is 0 Å². The molecule has 3 unspecified atom stereocenters. The molecule has 29 heavy (non-hydrogen) atoms. The number of benzene rings is 2. The molecule has 0 aliphatic carbocycles. The van der Waals surface area contributed by atoms with Gasteiger partial charge in [-0.15, -0.1) is 0 Å². The van der Waals surface area contributed by atoms with Gasteiger partial charge in [0.05, 0.1) is 38.1 Å². The molecular weight excluding hydrogens is 364 g/mol. The third-order valence-corrected chi connectivity index (χ3v) is 5.87. The fraction of sp³-hybridized carbons (Fsp3) is 0.500. The summed E-state index contributed by atoms with van der Waals surface area (Å²) in [5.74, 6) is 0. The molecule has 3 heterocycles. The summed E-state index contributed by atoms with van der Waals surface area (Å²) in [7, 11) is 0. The van der Waals surface area contributed by atoms with E-state index in [1.54, 1.807) is 0 Å². The Morgan fingerprint density at radius 2 is 1.03 bits per heavy atom. The standard InChI is InChI=1S/C24H30N2O3/c1-2-25(12-22-15-27-22)20-7-3-18(4-8-20)11-19-5-9-21(10-6-19)26(13-23-16-28-23)14-24-17-29-24/h3-10,22-24H,2,11-17H2,1H3. The van der Waals surface area contributed by atoms with Gasteiger partial charge in [-0.1, -0.05) is 24.3 Å². The Labute approximate surface area is 173 Å². The first kappa shape index (κ1) is 18.9. The number of anilines is 2. The first-order chi connectivity index (χ1) is 14.3. The van der Waals surface area contributed by atoms with Crippen molar-refractivity contribution in [3.05, 3.63) is 59.7 Å². The minimum absolute atomic E-state index is 0.390. The largest absolute Gasteiger partial charge is 0.371 e. The third kappa shape index (κ3) is 5.30. The molecule has 0 bridgehead atoms. The minimum atomic E-state index is 0.390. The summed E-state index contributed by atoms with van der Waals surface area (Å²) < 4.78 is 16.2. The van der Waals surface area contributed by atoms with E-state index in [4.69, 9.17) is 14.2 Å². The number of nitrogens with zero attached hydrogens (tertiary/aromatic N) is 2. The second kappa shape index (κ2) is 8.34. The first-order valence-corrected chi connectivity index (χ1v) is 10.8. The number of rotatable bonds is 11. The second-order valence-corrected chi connectivity index (χ2v) is 8.32. The molecule has 3 aliphatic heterocycles. The molecule has 0 N–H and O–H groups in total. The number of epoxide rings is 3. The summed E-state index contributed by atoms with van der Waals surface area (Å²) in [6.45, 7) is 8.80. The topological polar surface area (TPSA) is 44.1 Å². The molecule has 0 radical (unpaired) electrons. The summed E-state index contributed by atoms with van der Waals surface area (Å²) in [4.78, 5) is 4.79. The summed E-state index contributed by atoms with van der Waals surface area (Å²) >= 11 is 0. The van der Waals surface area contributed by atoms with Crippen LogP contribution < -0.4 is 9.80 Å². The van der Waals surface area contributed by atoms with Gasteiger partial charge in [-0.3, -0.25) is 0 Å². The van der Waals surface area contributed by atoms with Crippen molar-refractivity contribution in [3.8, 4) is 0 Å². The van der Waals surface area contributed by atoms with Crippen LogP contribution in [-0.4, -0.2) is 64.3 Å². The van der Waals surface area contributed by atoms with Crippen LogP contribution in [0, 0.1) is 0 Å². The normalized spacial score (nSPS) is 24.2. The van der Waals surface area contributed by atoms with Gasteiger partial charge in [0.25, 0.3) is 0 Å². The first-order valence-electron chi connectivity index (χ1n) is 10.8. The minimum Gasteiger partial charge on any atom is -0.371 e. The van der Waals surface area contributed by atoms with Gasteiger partial charge >= 0.3 is 0 Å². The molecule has 2 aromatic rings. The van der Waals surface area contributed by atoms with E-state index in [0.29, 0.717) is 18.3 Å². The van der Waals surface area contributed by atoms with Gasteiger partial charge in [0.1, 0.15) is 0 Å². The lowest BCUT2D eigenvalue weighted by Crippen LogP contribution is -2.31. The van der Waals surface area contributed by atoms with E-state index in [1.807, 2.05) is 0 Å². The summed E-state index contributed by atoms with van der Waals surface area (Å²) in [6, 6.07) is 18.0. The molecule has 0 aromatic heterocycles. The molecule has 3 fully saturated rings. The second-order valence-electron chi connectivity index (χ2n) is 8.32. The molecular formula is C24H30N2O3. The molecule has 3 aliphatic rings. The fourth-order valence-electron chi connectivity index (χ4n) is 3.85. The quantitative estimate of drug-likeness (QED) is 0.548. The predicted molar refractivity (Wildman–Crippen MR) is 115 cm³/mol. The van der Waals surface area contributed by atoms with Crippen molar-refractivity contribution < 1.29 is 14.2 Å². The average Bonchev–Trinajstić information content (AvgIpc) is 3.60. The van der Waals surface area contributed by atoms with E-state index in [9.17, 15) is 0 Å². The number of likely N-dealkylation sites (N-methyl/N-ethyl adjacent to an activating group) is 1. The molecule has 0 saturated carbocycles. The van der Waals surface area contributed by atoms with Gasteiger partial charge in [0.2, 0.25) is 0 Å². The van der Waals surface area contributed by atoms with E-state index in [1.165, 1.54) is 22.5 Å². The van der Waals surface area contributed by atoms with Crippen LogP contribution in [0.4, 0.5) is 11.4 Å². The predicted octanol–water partition coefficient (Wildman–Crippen LogP) is 3.11. The molecule has 5 heteroatoms. The maximum Gasteiger partial charge on any atom is 0.0984 e. The lowest BCUT2D eigenvalue weighted by molar-refractivity contribution is 0.389. The Balaban J connectivity index is 1.20. The van der Waals surface area contributed by atoms with Crippen molar-refractivity contribution in [3.63, 3.8) is 0 Å². The Bertz CT molecular complexity index is 782.